The Labute approximate surface area is 80.5 Å². The molecule has 0 aliphatic rings. The van der Waals surface area contributed by atoms with Gasteiger partial charge in [0.05, 0.1) is 5.52 Å². The van der Waals surface area contributed by atoms with Crippen molar-refractivity contribution in [2.45, 2.75) is 12.8 Å². The van der Waals surface area contributed by atoms with E-state index in [4.69, 9.17) is 11.6 Å². The Balaban J connectivity index is 2.81. The van der Waals surface area contributed by atoms with E-state index >= 15 is 0 Å². The molecule has 1 nitrogen and oxygen atoms in total. The molecular weight excluding hydrogens is 189 g/mol. The van der Waals surface area contributed by atoms with Gasteiger partial charge < -0.3 is 4.98 Å². The summed E-state index contributed by atoms with van der Waals surface area (Å²) in [4.78, 5) is 2.89. The van der Waals surface area contributed by atoms with Crippen molar-refractivity contribution in [1.82, 2.24) is 4.98 Å². The Hall–Kier alpha value is -1.02. The zero-order chi connectivity index (χ0) is 9.42. The summed E-state index contributed by atoms with van der Waals surface area (Å²) < 4.78 is 13.5. The van der Waals surface area contributed by atoms with Crippen LogP contribution in [0, 0.1) is 12.7 Å². The highest BCUT2D eigenvalue weighted by atomic mass is 35.5. The summed E-state index contributed by atoms with van der Waals surface area (Å²) in [6, 6.07) is 3.66. The second-order valence-electron chi connectivity index (χ2n) is 3.07. The van der Waals surface area contributed by atoms with Crippen molar-refractivity contribution in [2.75, 3.05) is 0 Å². The monoisotopic (exact) mass is 197 g/mol. The van der Waals surface area contributed by atoms with Gasteiger partial charge in [-0.2, -0.15) is 0 Å². The highest BCUT2D eigenvalue weighted by Gasteiger charge is 2.08. The number of aryl methyl sites for hydroxylation is 1. The molecular formula is C10H9ClFN. The molecule has 0 radical (unpaired) electrons. The largest absolute Gasteiger partial charge is 0.358 e. The Morgan fingerprint density at radius 2 is 2.23 bits per heavy atom. The maximum absolute atomic E-state index is 13.5. The molecule has 1 heterocycles. The zero-order valence-electron chi connectivity index (χ0n) is 7.20. The smallest absolute Gasteiger partial charge is 0.150 e. The van der Waals surface area contributed by atoms with Crippen LogP contribution in [-0.2, 0) is 5.88 Å². The molecule has 0 aliphatic heterocycles. The first-order valence-electron chi connectivity index (χ1n) is 4.05. The molecule has 1 N–H and O–H groups in total. The fourth-order valence-corrected chi connectivity index (χ4v) is 1.66. The molecule has 0 bridgehead atoms. The van der Waals surface area contributed by atoms with Gasteiger partial charge >= 0.3 is 0 Å². The number of H-pyrrole nitrogens is 1. The van der Waals surface area contributed by atoms with Gasteiger partial charge in [0.2, 0.25) is 0 Å². The number of aromatic nitrogens is 1. The predicted molar refractivity (Wildman–Crippen MR) is 52.6 cm³/mol. The minimum absolute atomic E-state index is 0.186. The van der Waals surface area contributed by atoms with E-state index in [9.17, 15) is 4.39 Å². The molecule has 0 fully saturated rings. The van der Waals surface area contributed by atoms with Crippen LogP contribution in [-0.4, -0.2) is 4.98 Å². The third kappa shape index (κ3) is 1.22. The summed E-state index contributed by atoms with van der Waals surface area (Å²) in [7, 11) is 0. The molecule has 13 heavy (non-hydrogen) atoms. The molecule has 0 spiro atoms. The van der Waals surface area contributed by atoms with Gasteiger partial charge in [0.25, 0.3) is 0 Å². The highest BCUT2D eigenvalue weighted by molar-refractivity contribution is 6.18. The predicted octanol–water partition coefficient (Wildman–Crippen LogP) is 3.35. The second kappa shape index (κ2) is 3.04. The lowest BCUT2D eigenvalue weighted by Crippen LogP contribution is -1.83. The number of aromatic amines is 1. The van der Waals surface area contributed by atoms with Gasteiger partial charge in [0, 0.05) is 17.5 Å². The molecule has 68 valence electrons. The van der Waals surface area contributed by atoms with Crippen LogP contribution in [0.2, 0.25) is 0 Å². The van der Waals surface area contributed by atoms with Crippen LogP contribution < -0.4 is 0 Å². The van der Waals surface area contributed by atoms with E-state index < -0.39 is 0 Å². The van der Waals surface area contributed by atoms with Gasteiger partial charge in [-0.15, -0.1) is 11.6 Å². The number of nitrogens with one attached hydrogen (secondary N) is 1. The van der Waals surface area contributed by atoms with Crippen LogP contribution in [0.3, 0.4) is 0 Å². The Kier molecular flexibility index (Phi) is 2.00. The van der Waals surface area contributed by atoms with E-state index in [2.05, 4.69) is 4.98 Å². The summed E-state index contributed by atoms with van der Waals surface area (Å²) in [5.74, 6) is 0.219. The van der Waals surface area contributed by atoms with Crippen LogP contribution >= 0.6 is 11.6 Å². The molecule has 0 saturated heterocycles. The molecule has 0 atom stereocenters. The highest BCUT2D eigenvalue weighted by Crippen LogP contribution is 2.23. The van der Waals surface area contributed by atoms with E-state index in [0.717, 1.165) is 10.9 Å². The minimum Gasteiger partial charge on any atom is -0.358 e. The molecule has 0 amide bonds. The van der Waals surface area contributed by atoms with E-state index in [1.165, 1.54) is 0 Å². The van der Waals surface area contributed by atoms with Crippen molar-refractivity contribution in [1.29, 1.82) is 0 Å². The van der Waals surface area contributed by atoms with E-state index in [0.29, 0.717) is 17.0 Å². The van der Waals surface area contributed by atoms with Crippen LogP contribution in [0.5, 0.6) is 0 Å². The average Bonchev–Trinajstić information content (AvgIpc) is 2.55. The summed E-state index contributed by atoms with van der Waals surface area (Å²) in [5, 5.41) is 0.873. The quantitative estimate of drug-likeness (QED) is 0.675. The van der Waals surface area contributed by atoms with Gasteiger partial charge in [0.15, 0.2) is 0 Å². The molecule has 3 heteroatoms. The van der Waals surface area contributed by atoms with E-state index in [-0.39, 0.29) is 5.82 Å². The van der Waals surface area contributed by atoms with Gasteiger partial charge in [0.1, 0.15) is 5.82 Å². The van der Waals surface area contributed by atoms with Gasteiger partial charge in [-0.25, -0.2) is 4.39 Å². The molecule has 0 saturated carbocycles. The third-order valence-electron chi connectivity index (χ3n) is 2.22. The van der Waals surface area contributed by atoms with E-state index in [1.807, 2.05) is 6.07 Å². The molecule has 0 unspecified atom stereocenters. The topological polar surface area (TPSA) is 15.8 Å². The lowest BCUT2D eigenvalue weighted by molar-refractivity contribution is 0.628. The molecule has 2 aromatic rings. The maximum Gasteiger partial charge on any atom is 0.150 e. The van der Waals surface area contributed by atoms with Crippen LogP contribution in [0.25, 0.3) is 10.9 Å². The average molecular weight is 198 g/mol. The Bertz CT molecular complexity index is 447. The number of alkyl halides is 1. The van der Waals surface area contributed by atoms with Gasteiger partial charge in [-0.3, -0.25) is 0 Å². The van der Waals surface area contributed by atoms with Gasteiger partial charge in [-0.05, 0) is 18.1 Å². The van der Waals surface area contributed by atoms with Crippen molar-refractivity contribution in [3.05, 3.63) is 35.3 Å². The molecule has 1 aromatic heterocycles. The Morgan fingerprint density at radius 1 is 1.46 bits per heavy atom. The first-order chi connectivity index (χ1) is 6.24. The normalized spacial score (nSPS) is 11.0. The fraction of sp³-hybridized carbons (Fsp3) is 0.200. The minimum atomic E-state index is -0.186. The number of rotatable bonds is 1. The first kappa shape index (κ1) is 8.57. The third-order valence-corrected chi connectivity index (χ3v) is 2.50. The SMILES string of the molecule is Cc1ccc2c(CCl)c[nH]c2c1F. The van der Waals surface area contributed by atoms with E-state index in [1.54, 1.807) is 19.2 Å². The van der Waals surface area contributed by atoms with Crippen molar-refractivity contribution >= 4 is 22.5 Å². The summed E-state index contributed by atoms with van der Waals surface area (Å²) in [6.45, 7) is 1.75. The molecule has 0 aliphatic carbocycles. The molecule has 2 rings (SSSR count). The standard InChI is InChI=1S/C10H9ClFN/c1-6-2-3-8-7(4-11)5-13-10(8)9(6)12/h2-3,5,13H,4H2,1H3. The fourth-order valence-electron chi connectivity index (χ4n) is 1.44. The second-order valence-corrected chi connectivity index (χ2v) is 3.33. The summed E-state index contributed by atoms with van der Waals surface area (Å²) >= 11 is 5.70. The van der Waals surface area contributed by atoms with Crippen LogP contribution in [0.15, 0.2) is 18.3 Å². The van der Waals surface area contributed by atoms with Crippen molar-refractivity contribution < 1.29 is 4.39 Å². The van der Waals surface area contributed by atoms with Crippen LogP contribution in [0.4, 0.5) is 4.39 Å². The van der Waals surface area contributed by atoms with Gasteiger partial charge in [-0.1, -0.05) is 12.1 Å². The van der Waals surface area contributed by atoms with Crippen molar-refractivity contribution in [3.8, 4) is 0 Å². The van der Waals surface area contributed by atoms with Crippen LogP contribution in [0.1, 0.15) is 11.1 Å². The Morgan fingerprint density at radius 3 is 2.92 bits per heavy atom. The number of benzene rings is 1. The zero-order valence-corrected chi connectivity index (χ0v) is 7.95. The van der Waals surface area contributed by atoms with Crippen molar-refractivity contribution in [2.24, 2.45) is 0 Å². The number of fused-ring (bicyclic) bond motifs is 1. The lowest BCUT2D eigenvalue weighted by atomic mass is 10.1. The summed E-state index contributed by atoms with van der Waals surface area (Å²) in [6.07, 6.45) is 1.75. The lowest BCUT2D eigenvalue weighted by Gasteiger charge is -1.97. The summed E-state index contributed by atoms with van der Waals surface area (Å²) in [5.41, 5.74) is 2.14. The molecule has 1 aromatic carbocycles. The number of halogens is 2. The maximum atomic E-state index is 13.5. The number of hydrogen-bond acceptors (Lipinski definition) is 0. The first-order valence-corrected chi connectivity index (χ1v) is 4.58. The van der Waals surface area contributed by atoms with Crippen molar-refractivity contribution in [3.63, 3.8) is 0 Å². The number of hydrogen-bond donors (Lipinski definition) is 1.